The Morgan fingerprint density at radius 1 is 1.62 bits per heavy atom. The van der Waals surface area contributed by atoms with Crippen molar-refractivity contribution >= 4 is 19.7 Å². The predicted octanol–water partition coefficient (Wildman–Crippen LogP) is 1.62. The Kier molecular flexibility index (Phi) is 2.08. The Labute approximate surface area is 80.3 Å². The third-order valence-corrected chi connectivity index (χ3v) is 2.85. The molecule has 4 nitrogen and oxygen atoms in total. The number of rotatable bonds is 3. The molecule has 1 heterocycles. The molecule has 1 fully saturated rings. The molecule has 0 aromatic carbocycles. The molecule has 0 saturated heterocycles. The van der Waals surface area contributed by atoms with Crippen LogP contribution in [0, 0.1) is 0 Å². The number of nitrogens with zero attached hydrogens (tertiary/aromatic N) is 1. The number of hydrogen-bond donors (Lipinski definition) is 0. The van der Waals surface area contributed by atoms with Gasteiger partial charge in [0.25, 0.3) is 0 Å². The van der Waals surface area contributed by atoms with Gasteiger partial charge in [-0.2, -0.15) is 0 Å². The summed E-state index contributed by atoms with van der Waals surface area (Å²) in [5.74, 6) is 0.958. The van der Waals surface area contributed by atoms with E-state index in [-0.39, 0.29) is 5.75 Å². The first-order chi connectivity index (χ1) is 6.04. The second kappa shape index (κ2) is 2.99. The lowest BCUT2D eigenvalue weighted by Crippen LogP contribution is -1.94. The van der Waals surface area contributed by atoms with Crippen LogP contribution in [0.2, 0.25) is 0 Å². The van der Waals surface area contributed by atoms with Gasteiger partial charge in [0.2, 0.25) is 9.05 Å². The molecule has 0 aliphatic heterocycles. The van der Waals surface area contributed by atoms with Crippen LogP contribution in [0.5, 0.6) is 0 Å². The summed E-state index contributed by atoms with van der Waals surface area (Å²) in [7, 11) is 1.54. The van der Waals surface area contributed by atoms with Crippen molar-refractivity contribution in [1.29, 1.82) is 0 Å². The molecule has 1 aromatic heterocycles. The molecule has 1 aliphatic carbocycles. The molecular formula is C7H8ClNO3S. The van der Waals surface area contributed by atoms with Gasteiger partial charge in [-0.3, -0.25) is 0 Å². The van der Waals surface area contributed by atoms with Crippen LogP contribution in [0.1, 0.15) is 30.2 Å². The van der Waals surface area contributed by atoms with E-state index in [9.17, 15) is 8.42 Å². The van der Waals surface area contributed by atoms with Gasteiger partial charge >= 0.3 is 0 Å². The average molecular weight is 222 g/mol. The minimum Gasteiger partial charge on any atom is -0.361 e. The maximum Gasteiger partial charge on any atom is 0.238 e. The lowest BCUT2D eigenvalue weighted by Gasteiger charge is -1.86. The fraction of sp³-hybridized carbons (Fsp3) is 0.571. The van der Waals surface area contributed by atoms with E-state index < -0.39 is 9.05 Å². The van der Waals surface area contributed by atoms with Crippen LogP contribution in [0.3, 0.4) is 0 Å². The van der Waals surface area contributed by atoms with Crippen molar-refractivity contribution in [3.05, 3.63) is 17.5 Å². The van der Waals surface area contributed by atoms with E-state index >= 15 is 0 Å². The van der Waals surface area contributed by atoms with Gasteiger partial charge < -0.3 is 4.52 Å². The van der Waals surface area contributed by atoms with Gasteiger partial charge in [-0.25, -0.2) is 8.42 Å². The van der Waals surface area contributed by atoms with Gasteiger partial charge in [-0.05, 0) is 12.8 Å². The molecule has 13 heavy (non-hydrogen) atoms. The van der Waals surface area contributed by atoms with Crippen molar-refractivity contribution in [1.82, 2.24) is 5.16 Å². The van der Waals surface area contributed by atoms with Crippen molar-refractivity contribution < 1.29 is 12.9 Å². The third kappa shape index (κ3) is 2.45. The molecule has 1 aliphatic rings. The van der Waals surface area contributed by atoms with Crippen molar-refractivity contribution in [2.24, 2.45) is 0 Å². The maximum atomic E-state index is 10.7. The van der Waals surface area contributed by atoms with Crippen LogP contribution < -0.4 is 0 Å². The van der Waals surface area contributed by atoms with Gasteiger partial charge in [0.1, 0.15) is 17.2 Å². The summed E-state index contributed by atoms with van der Waals surface area (Å²) >= 11 is 0. The van der Waals surface area contributed by atoms with Gasteiger partial charge in [-0.1, -0.05) is 5.16 Å². The Bertz CT molecular complexity index is 407. The van der Waals surface area contributed by atoms with Crippen LogP contribution in [0.25, 0.3) is 0 Å². The van der Waals surface area contributed by atoms with E-state index in [4.69, 9.17) is 15.2 Å². The average Bonchev–Trinajstić information content (AvgIpc) is 2.72. The molecule has 1 aromatic rings. The largest absolute Gasteiger partial charge is 0.361 e. The molecule has 0 N–H and O–H groups in total. The normalized spacial score (nSPS) is 17.6. The highest BCUT2D eigenvalue weighted by molar-refractivity contribution is 8.13. The molecule has 2 rings (SSSR count). The first-order valence-corrected chi connectivity index (χ1v) is 6.40. The molecule has 6 heteroatoms. The van der Waals surface area contributed by atoms with Gasteiger partial charge in [-0.15, -0.1) is 0 Å². The van der Waals surface area contributed by atoms with Crippen LogP contribution in [0.15, 0.2) is 10.6 Å². The Morgan fingerprint density at radius 3 is 2.85 bits per heavy atom. The highest BCUT2D eigenvalue weighted by atomic mass is 35.7. The first kappa shape index (κ1) is 9.02. The van der Waals surface area contributed by atoms with Crippen LogP contribution in [-0.2, 0) is 14.8 Å². The van der Waals surface area contributed by atoms with E-state index in [0.717, 1.165) is 18.6 Å². The molecule has 72 valence electrons. The summed E-state index contributed by atoms with van der Waals surface area (Å²) in [5, 5.41) is 3.62. The predicted molar refractivity (Wildman–Crippen MR) is 47.0 cm³/mol. The first-order valence-electron chi connectivity index (χ1n) is 3.92. The fourth-order valence-electron chi connectivity index (χ4n) is 1.13. The molecule has 1 saturated carbocycles. The van der Waals surface area contributed by atoms with Crippen molar-refractivity contribution in [3.63, 3.8) is 0 Å². The van der Waals surface area contributed by atoms with E-state index in [0.29, 0.717) is 11.6 Å². The summed E-state index contributed by atoms with van der Waals surface area (Å²) in [5.41, 5.74) is 0.386. The topological polar surface area (TPSA) is 60.2 Å². The summed E-state index contributed by atoms with van der Waals surface area (Å²) in [6.07, 6.45) is 2.20. The molecule has 0 unspecified atom stereocenters. The van der Waals surface area contributed by atoms with Crippen LogP contribution >= 0.6 is 10.7 Å². The molecule has 0 spiro atoms. The fourth-order valence-corrected chi connectivity index (χ4v) is 1.96. The zero-order valence-corrected chi connectivity index (χ0v) is 8.31. The summed E-state index contributed by atoms with van der Waals surface area (Å²) in [4.78, 5) is 0. The highest BCUT2D eigenvalue weighted by Crippen LogP contribution is 2.40. The molecule has 0 amide bonds. The smallest absolute Gasteiger partial charge is 0.238 e. The van der Waals surface area contributed by atoms with Crippen molar-refractivity contribution in [2.75, 3.05) is 0 Å². The van der Waals surface area contributed by atoms with E-state index in [1.54, 1.807) is 6.07 Å². The zero-order valence-electron chi connectivity index (χ0n) is 6.73. The van der Waals surface area contributed by atoms with Crippen molar-refractivity contribution in [2.45, 2.75) is 24.5 Å². The zero-order chi connectivity index (χ0) is 9.47. The van der Waals surface area contributed by atoms with E-state index in [1.165, 1.54) is 0 Å². The van der Waals surface area contributed by atoms with Gasteiger partial charge in [0, 0.05) is 22.7 Å². The summed E-state index contributed by atoms with van der Waals surface area (Å²) < 4.78 is 26.3. The number of halogens is 1. The van der Waals surface area contributed by atoms with Gasteiger partial charge in [0.05, 0.1) is 0 Å². The minimum atomic E-state index is -3.52. The second-order valence-corrected chi connectivity index (χ2v) is 5.96. The van der Waals surface area contributed by atoms with Crippen LogP contribution in [0.4, 0.5) is 0 Å². The summed E-state index contributed by atoms with van der Waals surface area (Å²) in [6.45, 7) is 0. The Hall–Kier alpha value is -0.550. The third-order valence-electron chi connectivity index (χ3n) is 1.88. The van der Waals surface area contributed by atoms with Crippen molar-refractivity contribution in [3.8, 4) is 0 Å². The number of aromatic nitrogens is 1. The molecule has 0 bridgehead atoms. The quantitative estimate of drug-likeness (QED) is 0.728. The highest BCUT2D eigenvalue weighted by Gasteiger charge is 2.28. The minimum absolute atomic E-state index is 0.259. The molecule has 0 atom stereocenters. The second-order valence-electron chi connectivity index (χ2n) is 3.18. The Balaban J connectivity index is 2.13. The molecule has 0 radical (unpaired) electrons. The lowest BCUT2D eigenvalue weighted by atomic mass is 10.3. The maximum absolute atomic E-state index is 10.7. The van der Waals surface area contributed by atoms with Gasteiger partial charge in [0.15, 0.2) is 0 Å². The monoisotopic (exact) mass is 221 g/mol. The Morgan fingerprint density at radius 2 is 2.31 bits per heavy atom. The SMILES string of the molecule is O=S(=O)(Cl)Cc1cc(C2CC2)on1. The van der Waals surface area contributed by atoms with E-state index in [1.807, 2.05) is 0 Å². The summed E-state index contributed by atoms with van der Waals surface area (Å²) in [6, 6.07) is 1.66. The number of hydrogen-bond acceptors (Lipinski definition) is 4. The van der Waals surface area contributed by atoms with Crippen LogP contribution in [-0.4, -0.2) is 13.6 Å². The standard InChI is InChI=1S/C7H8ClNO3S/c8-13(10,11)4-6-3-7(12-9-6)5-1-2-5/h3,5H,1-2,4H2. The van der Waals surface area contributed by atoms with E-state index in [2.05, 4.69) is 5.16 Å². The lowest BCUT2D eigenvalue weighted by molar-refractivity contribution is 0.380. The molecular weight excluding hydrogens is 214 g/mol.